The van der Waals surface area contributed by atoms with Gasteiger partial charge in [-0.15, -0.1) is 22.7 Å². The molecular weight excluding hydrogens is 424 g/mol. The van der Waals surface area contributed by atoms with Crippen molar-refractivity contribution < 1.29 is 22.4 Å². The molecule has 2 aromatic heterocycles. The van der Waals surface area contributed by atoms with E-state index in [0.717, 1.165) is 17.0 Å². The summed E-state index contributed by atoms with van der Waals surface area (Å²) in [5.41, 5.74) is -0.801. The number of hydrogen-bond donors (Lipinski definition) is 1. The second kappa shape index (κ2) is 7.95. The highest BCUT2D eigenvalue weighted by atomic mass is 35.5. The lowest BCUT2D eigenvalue weighted by Gasteiger charge is -2.13. The van der Waals surface area contributed by atoms with E-state index in [1.165, 1.54) is 22.7 Å². The van der Waals surface area contributed by atoms with Gasteiger partial charge in [0, 0.05) is 11.9 Å². The largest absolute Gasteiger partial charge is 0.416 e. The second-order valence-corrected chi connectivity index (χ2v) is 8.07. The first-order chi connectivity index (χ1) is 12.7. The third-order valence-electron chi connectivity index (χ3n) is 3.53. The molecule has 0 spiro atoms. The topological polar surface area (TPSA) is 42.0 Å². The number of rotatable bonds is 5. The molecule has 142 valence electrons. The summed E-state index contributed by atoms with van der Waals surface area (Å²) in [5, 5.41) is 4.84. The summed E-state index contributed by atoms with van der Waals surface area (Å²) >= 11 is 8.59. The summed E-state index contributed by atoms with van der Waals surface area (Å²) < 4.78 is 52.6. The first kappa shape index (κ1) is 19.8. The third-order valence-corrected chi connectivity index (χ3v) is 5.82. The molecule has 0 saturated carbocycles. The Bertz CT molecular complexity index is 968. The molecule has 10 heteroatoms. The highest BCUT2D eigenvalue weighted by molar-refractivity contribution is 7.23. The zero-order valence-electron chi connectivity index (χ0n) is 13.4. The standard InChI is InChI=1S/C17H11ClF4N2OS2/c18-14-4-3-13(27-14)16-24-11(8-26-16)6-15(25)23-7-9-1-2-10(19)5-12(9)17(20,21)22/h1-5,8H,6-7H2,(H,23,25). The molecule has 0 saturated heterocycles. The molecule has 0 atom stereocenters. The van der Waals surface area contributed by atoms with Gasteiger partial charge in [-0.1, -0.05) is 17.7 Å². The molecule has 0 aliphatic heterocycles. The van der Waals surface area contributed by atoms with Crippen molar-refractivity contribution in [3.05, 3.63) is 62.7 Å². The van der Waals surface area contributed by atoms with Gasteiger partial charge in [-0.25, -0.2) is 9.37 Å². The number of nitrogens with one attached hydrogen (secondary N) is 1. The number of halogens is 5. The summed E-state index contributed by atoms with van der Waals surface area (Å²) in [5.74, 6) is -1.46. The summed E-state index contributed by atoms with van der Waals surface area (Å²) in [6.07, 6.45) is -4.77. The summed E-state index contributed by atoms with van der Waals surface area (Å²) in [6, 6.07) is 5.93. The molecule has 0 unspecified atom stereocenters. The Hall–Kier alpha value is -1.97. The fourth-order valence-electron chi connectivity index (χ4n) is 2.32. The molecule has 3 rings (SSSR count). The minimum atomic E-state index is -4.70. The van der Waals surface area contributed by atoms with Crippen LogP contribution in [0, 0.1) is 5.82 Å². The van der Waals surface area contributed by atoms with Crippen LogP contribution in [0.15, 0.2) is 35.7 Å². The number of alkyl halides is 3. The van der Waals surface area contributed by atoms with Crippen molar-refractivity contribution in [2.45, 2.75) is 19.1 Å². The maximum absolute atomic E-state index is 13.1. The first-order valence-electron chi connectivity index (χ1n) is 7.55. The minimum absolute atomic E-state index is 0.0713. The van der Waals surface area contributed by atoms with Gasteiger partial charge in [0.15, 0.2) is 0 Å². The van der Waals surface area contributed by atoms with Crippen LogP contribution in [0.1, 0.15) is 16.8 Å². The van der Waals surface area contributed by atoms with Crippen molar-refractivity contribution in [1.29, 1.82) is 0 Å². The summed E-state index contributed by atoms with van der Waals surface area (Å²) in [4.78, 5) is 17.3. The van der Waals surface area contributed by atoms with Crippen LogP contribution in [0.3, 0.4) is 0 Å². The molecule has 3 nitrogen and oxygen atoms in total. The van der Waals surface area contributed by atoms with Crippen molar-refractivity contribution in [3.63, 3.8) is 0 Å². The lowest BCUT2D eigenvalue weighted by molar-refractivity contribution is -0.138. The fourth-order valence-corrected chi connectivity index (χ4v) is 4.25. The quantitative estimate of drug-likeness (QED) is 0.535. The number of aromatic nitrogens is 1. The highest BCUT2D eigenvalue weighted by Gasteiger charge is 2.33. The predicted molar refractivity (Wildman–Crippen MR) is 97.4 cm³/mol. The van der Waals surface area contributed by atoms with Crippen molar-refractivity contribution in [2.24, 2.45) is 0 Å². The number of benzene rings is 1. The molecule has 3 aromatic rings. The molecule has 27 heavy (non-hydrogen) atoms. The average Bonchev–Trinajstić information content (AvgIpc) is 3.21. The number of thiazole rings is 1. The maximum Gasteiger partial charge on any atom is 0.416 e. The predicted octanol–water partition coefficient (Wildman–Crippen LogP) is 5.54. The van der Waals surface area contributed by atoms with Crippen LogP contribution in [-0.4, -0.2) is 10.9 Å². The Morgan fingerprint density at radius 1 is 1.22 bits per heavy atom. The van der Waals surface area contributed by atoms with E-state index in [2.05, 4.69) is 10.3 Å². The van der Waals surface area contributed by atoms with Crippen molar-refractivity contribution >= 4 is 40.2 Å². The molecular formula is C17H11ClF4N2OS2. The van der Waals surface area contributed by atoms with Crippen LogP contribution >= 0.6 is 34.3 Å². The Morgan fingerprint density at radius 2 is 2.00 bits per heavy atom. The van der Waals surface area contributed by atoms with Gasteiger partial charge < -0.3 is 5.32 Å². The average molecular weight is 435 g/mol. The van der Waals surface area contributed by atoms with E-state index in [1.54, 1.807) is 11.4 Å². The normalized spacial score (nSPS) is 11.6. The Morgan fingerprint density at radius 3 is 2.67 bits per heavy atom. The molecule has 1 aromatic carbocycles. The summed E-state index contributed by atoms with van der Waals surface area (Å²) in [7, 11) is 0. The molecule has 0 aliphatic carbocycles. The summed E-state index contributed by atoms with van der Waals surface area (Å²) in [6.45, 7) is -0.356. The van der Waals surface area contributed by atoms with E-state index in [9.17, 15) is 22.4 Å². The van der Waals surface area contributed by atoms with Crippen LogP contribution in [0.2, 0.25) is 4.34 Å². The van der Waals surface area contributed by atoms with Gasteiger partial charge in [0.05, 0.1) is 26.9 Å². The van der Waals surface area contributed by atoms with Crippen LogP contribution < -0.4 is 5.32 Å². The lowest BCUT2D eigenvalue weighted by Crippen LogP contribution is -2.26. The van der Waals surface area contributed by atoms with E-state index in [1.807, 2.05) is 6.07 Å². The molecule has 0 bridgehead atoms. The van der Waals surface area contributed by atoms with Gasteiger partial charge in [-0.3, -0.25) is 4.79 Å². The van der Waals surface area contributed by atoms with Gasteiger partial charge in [0.2, 0.25) is 5.91 Å². The third kappa shape index (κ3) is 5.06. The van der Waals surface area contributed by atoms with Crippen LogP contribution in [0.5, 0.6) is 0 Å². The van der Waals surface area contributed by atoms with E-state index in [-0.39, 0.29) is 18.5 Å². The van der Waals surface area contributed by atoms with Gasteiger partial charge in [0.25, 0.3) is 0 Å². The zero-order chi connectivity index (χ0) is 19.6. The Labute approximate surface area is 164 Å². The molecule has 0 radical (unpaired) electrons. The van der Waals surface area contributed by atoms with Crippen molar-refractivity contribution in [2.75, 3.05) is 0 Å². The van der Waals surface area contributed by atoms with Crippen LogP contribution in [-0.2, 0) is 23.9 Å². The van der Waals surface area contributed by atoms with E-state index in [4.69, 9.17) is 11.6 Å². The van der Waals surface area contributed by atoms with E-state index < -0.39 is 23.5 Å². The Kier molecular flexibility index (Phi) is 5.83. The number of thiophene rings is 1. The van der Waals surface area contributed by atoms with E-state index in [0.29, 0.717) is 21.1 Å². The molecule has 0 fully saturated rings. The number of hydrogen-bond acceptors (Lipinski definition) is 4. The monoisotopic (exact) mass is 434 g/mol. The first-order valence-corrected chi connectivity index (χ1v) is 9.62. The van der Waals surface area contributed by atoms with Gasteiger partial charge in [-0.05, 0) is 29.8 Å². The minimum Gasteiger partial charge on any atom is -0.352 e. The number of nitrogens with zero attached hydrogens (tertiary/aromatic N) is 1. The Balaban J connectivity index is 1.63. The second-order valence-electron chi connectivity index (χ2n) is 5.50. The highest BCUT2D eigenvalue weighted by Crippen LogP contribution is 2.33. The van der Waals surface area contributed by atoms with Crippen molar-refractivity contribution in [3.8, 4) is 9.88 Å². The van der Waals surface area contributed by atoms with Gasteiger partial charge >= 0.3 is 6.18 Å². The maximum atomic E-state index is 13.1. The van der Waals surface area contributed by atoms with Crippen LogP contribution in [0.4, 0.5) is 17.6 Å². The van der Waals surface area contributed by atoms with Gasteiger partial charge in [-0.2, -0.15) is 13.2 Å². The zero-order valence-corrected chi connectivity index (χ0v) is 15.8. The van der Waals surface area contributed by atoms with E-state index >= 15 is 0 Å². The molecule has 0 aliphatic rings. The van der Waals surface area contributed by atoms with Crippen molar-refractivity contribution in [1.82, 2.24) is 10.3 Å². The number of carbonyl (C=O) groups is 1. The SMILES string of the molecule is O=C(Cc1csc(-c2ccc(Cl)s2)n1)NCc1ccc(F)cc1C(F)(F)F. The molecule has 1 N–H and O–H groups in total. The molecule has 1 amide bonds. The number of carbonyl (C=O) groups excluding carboxylic acids is 1. The number of amides is 1. The van der Waals surface area contributed by atoms with Gasteiger partial charge in [0.1, 0.15) is 10.8 Å². The fraction of sp³-hybridized carbons (Fsp3) is 0.176. The lowest BCUT2D eigenvalue weighted by atomic mass is 10.1. The van der Waals surface area contributed by atoms with Crippen LogP contribution in [0.25, 0.3) is 9.88 Å². The molecule has 2 heterocycles. The smallest absolute Gasteiger partial charge is 0.352 e.